The van der Waals surface area contributed by atoms with E-state index in [4.69, 9.17) is 4.74 Å². The number of hydrogen-bond donors (Lipinski definition) is 1. The maximum Gasteiger partial charge on any atom is 0.128 e. The molecule has 1 N–H and O–H groups in total. The zero-order valence-electron chi connectivity index (χ0n) is 12.9. The number of hydrogen-bond acceptors (Lipinski definition) is 2. The van der Waals surface area contributed by atoms with Crippen molar-refractivity contribution >= 4 is 0 Å². The van der Waals surface area contributed by atoms with Gasteiger partial charge in [-0.2, -0.15) is 0 Å². The fraction of sp³-hybridized carbons (Fsp3) is 0.667. The molecular weight excluding hydrogens is 265 g/mol. The second-order valence-corrected chi connectivity index (χ2v) is 6.57. The molecule has 3 heteroatoms. The van der Waals surface area contributed by atoms with Crippen LogP contribution in [0, 0.1) is 11.2 Å². The van der Waals surface area contributed by atoms with Crippen molar-refractivity contribution in [3.05, 3.63) is 35.6 Å². The van der Waals surface area contributed by atoms with Crippen molar-refractivity contribution in [1.82, 2.24) is 5.32 Å². The quantitative estimate of drug-likeness (QED) is 0.854. The molecule has 2 nitrogen and oxygen atoms in total. The molecule has 2 aliphatic rings. The monoisotopic (exact) mass is 291 g/mol. The first-order valence-corrected chi connectivity index (χ1v) is 8.34. The largest absolute Gasteiger partial charge is 0.373 e. The van der Waals surface area contributed by atoms with Crippen molar-refractivity contribution in [2.75, 3.05) is 6.54 Å². The maximum atomic E-state index is 13.7. The number of ether oxygens (including phenoxy) is 1. The summed E-state index contributed by atoms with van der Waals surface area (Å²) in [7, 11) is 0. The first-order chi connectivity index (χ1) is 10.3. The Labute approximate surface area is 127 Å². The van der Waals surface area contributed by atoms with Gasteiger partial charge in [0.05, 0.1) is 12.7 Å². The summed E-state index contributed by atoms with van der Waals surface area (Å²) in [5.41, 5.74) is 0.996. The Kier molecular flexibility index (Phi) is 4.60. The highest BCUT2D eigenvalue weighted by Crippen LogP contribution is 2.54. The lowest BCUT2D eigenvalue weighted by Crippen LogP contribution is -2.62. The van der Waals surface area contributed by atoms with Gasteiger partial charge in [0.25, 0.3) is 0 Å². The third-order valence-electron chi connectivity index (χ3n) is 5.36. The third-order valence-corrected chi connectivity index (χ3v) is 5.36. The van der Waals surface area contributed by atoms with Crippen LogP contribution in [-0.2, 0) is 11.3 Å². The zero-order valence-corrected chi connectivity index (χ0v) is 12.9. The number of nitrogens with one attached hydrogen (secondary N) is 1. The molecule has 21 heavy (non-hydrogen) atoms. The van der Waals surface area contributed by atoms with Crippen LogP contribution < -0.4 is 5.32 Å². The van der Waals surface area contributed by atoms with E-state index < -0.39 is 0 Å². The first-order valence-electron chi connectivity index (χ1n) is 8.34. The van der Waals surface area contributed by atoms with Gasteiger partial charge in [0, 0.05) is 17.0 Å². The maximum absolute atomic E-state index is 13.7. The van der Waals surface area contributed by atoms with E-state index in [1.165, 1.54) is 38.2 Å². The van der Waals surface area contributed by atoms with Crippen molar-refractivity contribution < 1.29 is 9.13 Å². The molecular formula is C18H26FNO. The van der Waals surface area contributed by atoms with E-state index in [0.717, 1.165) is 13.0 Å². The summed E-state index contributed by atoms with van der Waals surface area (Å²) in [6, 6.07) is 7.54. The van der Waals surface area contributed by atoms with E-state index in [1.807, 2.05) is 12.1 Å². The van der Waals surface area contributed by atoms with Gasteiger partial charge in [-0.15, -0.1) is 0 Å². The Hall–Kier alpha value is -0.930. The molecule has 3 rings (SSSR count). The highest BCUT2D eigenvalue weighted by Gasteiger charge is 2.56. The normalized spacial score (nSPS) is 27.0. The van der Waals surface area contributed by atoms with Gasteiger partial charge in [0.2, 0.25) is 0 Å². The molecule has 2 saturated carbocycles. The molecule has 2 unspecified atom stereocenters. The van der Waals surface area contributed by atoms with E-state index in [2.05, 4.69) is 12.2 Å². The van der Waals surface area contributed by atoms with Gasteiger partial charge in [0.15, 0.2) is 0 Å². The van der Waals surface area contributed by atoms with Crippen LogP contribution in [0.25, 0.3) is 0 Å². The fourth-order valence-electron chi connectivity index (χ4n) is 4.10. The van der Waals surface area contributed by atoms with Crippen molar-refractivity contribution in [3.63, 3.8) is 0 Å². The molecule has 0 aliphatic heterocycles. The molecule has 0 bridgehead atoms. The highest BCUT2D eigenvalue weighted by molar-refractivity contribution is 5.17. The second kappa shape index (κ2) is 6.45. The van der Waals surface area contributed by atoms with Gasteiger partial charge < -0.3 is 10.1 Å². The molecule has 2 atom stereocenters. The second-order valence-electron chi connectivity index (χ2n) is 6.57. The van der Waals surface area contributed by atoms with E-state index in [1.54, 1.807) is 6.07 Å². The average Bonchev–Trinajstić information content (AvgIpc) is 3.00. The smallest absolute Gasteiger partial charge is 0.128 e. The lowest BCUT2D eigenvalue weighted by molar-refractivity contribution is -0.140. The van der Waals surface area contributed by atoms with E-state index in [-0.39, 0.29) is 5.82 Å². The minimum absolute atomic E-state index is 0.155. The van der Waals surface area contributed by atoms with Crippen molar-refractivity contribution in [3.8, 4) is 0 Å². The van der Waals surface area contributed by atoms with Crippen LogP contribution in [0.15, 0.2) is 24.3 Å². The summed E-state index contributed by atoms with van der Waals surface area (Å²) in [6.45, 7) is 3.70. The Bertz CT molecular complexity index is 470. The predicted octanol–water partition coefficient (Wildman–Crippen LogP) is 4.04. The minimum atomic E-state index is -0.155. The molecule has 1 spiro atoms. The van der Waals surface area contributed by atoms with Gasteiger partial charge in [-0.25, -0.2) is 4.39 Å². The van der Waals surface area contributed by atoms with Crippen molar-refractivity contribution in [1.29, 1.82) is 0 Å². The van der Waals surface area contributed by atoms with E-state index in [9.17, 15) is 4.39 Å². The highest BCUT2D eigenvalue weighted by atomic mass is 19.1. The molecule has 2 fully saturated rings. The van der Waals surface area contributed by atoms with Crippen LogP contribution in [0.2, 0.25) is 0 Å². The molecule has 1 aromatic rings. The third kappa shape index (κ3) is 2.86. The summed E-state index contributed by atoms with van der Waals surface area (Å²) in [5, 5.41) is 3.69. The van der Waals surface area contributed by atoms with Crippen LogP contribution in [0.1, 0.15) is 51.0 Å². The Morgan fingerprint density at radius 3 is 2.76 bits per heavy atom. The van der Waals surface area contributed by atoms with Crippen molar-refractivity contribution in [2.24, 2.45) is 5.41 Å². The van der Waals surface area contributed by atoms with Crippen LogP contribution in [0.3, 0.4) is 0 Å². The first kappa shape index (κ1) is 15.0. The molecule has 0 radical (unpaired) electrons. The molecule has 0 amide bonds. The number of benzene rings is 1. The van der Waals surface area contributed by atoms with Gasteiger partial charge in [-0.05, 0) is 38.3 Å². The van der Waals surface area contributed by atoms with Crippen LogP contribution in [-0.4, -0.2) is 18.7 Å². The lowest BCUT2D eigenvalue weighted by Gasteiger charge is -2.54. The number of halogens is 1. The summed E-state index contributed by atoms with van der Waals surface area (Å²) in [4.78, 5) is 0. The predicted molar refractivity (Wildman–Crippen MR) is 82.6 cm³/mol. The zero-order chi connectivity index (χ0) is 14.7. The molecule has 2 aliphatic carbocycles. The Balaban J connectivity index is 1.60. The average molecular weight is 291 g/mol. The molecule has 0 heterocycles. The lowest BCUT2D eigenvalue weighted by atomic mass is 9.60. The van der Waals surface area contributed by atoms with Gasteiger partial charge in [-0.1, -0.05) is 38.0 Å². The van der Waals surface area contributed by atoms with Gasteiger partial charge in [-0.3, -0.25) is 0 Å². The topological polar surface area (TPSA) is 21.3 Å². The van der Waals surface area contributed by atoms with Crippen LogP contribution >= 0.6 is 0 Å². The standard InChI is InChI=1S/C18H26FNO/c1-2-11-20-16-12-17(18(16)9-5-6-10-18)21-13-14-7-3-4-8-15(14)19/h3-4,7-8,16-17,20H,2,5-6,9-13H2,1H3. The van der Waals surface area contributed by atoms with Crippen molar-refractivity contribution in [2.45, 2.75) is 64.2 Å². The van der Waals surface area contributed by atoms with Gasteiger partial charge in [0.1, 0.15) is 5.82 Å². The summed E-state index contributed by atoms with van der Waals surface area (Å²) in [5.74, 6) is -0.155. The van der Waals surface area contributed by atoms with E-state index >= 15 is 0 Å². The molecule has 1 aromatic carbocycles. The van der Waals surface area contributed by atoms with E-state index in [0.29, 0.717) is 29.7 Å². The Morgan fingerprint density at radius 1 is 1.29 bits per heavy atom. The van der Waals surface area contributed by atoms with Crippen LogP contribution in [0.5, 0.6) is 0 Å². The summed E-state index contributed by atoms with van der Waals surface area (Å²) in [6.07, 6.45) is 7.69. The minimum Gasteiger partial charge on any atom is -0.373 e. The van der Waals surface area contributed by atoms with Crippen LogP contribution in [0.4, 0.5) is 4.39 Å². The fourth-order valence-corrected chi connectivity index (χ4v) is 4.10. The van der Waals surface area contributed by atoms with Gasteiger partial charge >= 0.3 is 0 Å². The summed E-state index contributed by atoms with van der Waals surface area (Å²) < 4.78 is 19.8. The SMILES string of the molecule is CCCNC1CC(OCc2ccccc2F)C12CCCC2. The molecule has 0 aromatic heterocycles. The number of rotatable bonds is 6. The summed E-state index contributed by atoms with van der Waals surface area (Å²) >= 11 is 0. The molecule has 116 valence electrons. The Morgan fingerprint density at radius 2 is 2.05 bits per heavy atom. The molecule has 0 saturated heterocycles.